The summed E-state index contributed by atoms with van der Waals surface area (Å²) in [7, 11) is 0. The molecule has 0 radical (unpaired) electrons. The number of nitrogens with zero attached hydrogens (tertiary/aromatic N) is 1. The van der Waals surface area contributed by atoms with Crippen LogP contribution in [0.25, 0.3) is 0 Å². The van der Waals surface area contributed by atoms with Gasteiger partial charge in [-0.15, -0.1) is 0 Å². The third kappa shape index (κ3) is 1.38. The Morgan fingerprint density at radius 1 is 1.42 bits per heavy atom. The lowest BCUT2D eigenvalue weighted by Crippen LogP contribution is -2.36. The van der Waals surface area contributed by atoms with Crippen molar-refractivity contribution in [2.24, 2.45) is 11.7 Å². The highest BCUT2D eigenvalue weighted by atomic mass is 15.2. The molecule has 0 bridgehead atoms. The van der Waals surface area contributed by atoms with Gasteiger partial charge < -0.3 is 10.6 Å². The first-order valence-corrected chi connectivity index (χ1v) is 5.15. The Labute approximate surface area is 75.1 Å². The molecule has 0 aromatic rings. The monoisotopic (exact) mass is 168 g/mol. The second kappa shape index (κ2) is 2.71. The molecule has 2 fully saturated rings. The Kier molecular flexibility index (Phi) is 1.92. The van der Waals surface area contributed by atoms with Crippen molar-refractivity contribution in [2.45, 2.75) is 44.7 Å². The molecule has 1 saturated heterocycles. The van der Waals surface area contributed by atoms with E-state index in [9.17, 15) is 0 Å². The molecule has 1 aliphatic heterocycles. The molecule has 0 unspecified atom stereocenters. The summed E-state index contributed by atoms with van der Waals surface area (Å²) in [5.74, 6) is 0.792. The molecule has 2 nitrogen and oxygen atoms in total. The number of hydrogen-bond acceptors (Lipinski definition) is 2. The van der Waals surface area contributed by atoms with Crippen LogP contribution in [0.1, 0.15) is 33.1 Å². The fourth-order valence-corrected chi connectivity index (χ4v) is 2.28. The van der Waals surface area contributed by atoms with E-state index in [-0.39, 0.29) is 5.54 Å². The third-order valence-electron chi connectivity index (χ3n) is 3.59. The van der Waals surface area contributed by atoms with Crippen LogP contribution in [-0.2, 0) is 0 Å². The lowest BCUT2D eigenvalue weighted by molar-refractivity contribution is 0.256. The maximum absolute atomic E-state index is 6.19. The fraction of sp³-hybridized carbons (Fsp3) is 1.00. The number of rotatable bonds is 2. The first kappa shape index (κ1) is 8.52. The number of likely N-dealkylation sites (tertiary alicyclic amines) is 1. The Hall–Kier alpha value is -0.0800. The van der Waals surface area contributed by atoms with Crippen molar-refractivity contribution in [3.8, 4) is 0 Å². The molecule has 1 aliphatic carbocycles. The van der Waals surface area contributed by atoms with Gasteiger partial charge in [0, 0.05) is 18.1 Å². The van der Waals surface area contributed by atoms with Crippen molar-refractivity contribution in [1.29, 1.82) is 0 Å². The first-order valence-electron chi connectivity index (χ1n) is 5.15. The lowest BCUT2D eigenvalue weighted by Gasteiger charge is -2.22. The van der Waals surface area contributed by atoms with Gasteiger partial charge in [-0.25, -0.2) is 0 Å². The van der Waals surface area contributed by atoms with E-state index in [0.29, 0.717) is 6.04 Å². The van der Waals surface area contributed by atoms with Crippen molar-refractivity contribution >= 4 is 0 Å². The Morgan fingerprint density at radius 2 is 2.08 bits per heavy atom. The predicted octanol–water partition coefficient (Wildman–Crippen LogP) is 1.21. The van der Waals surface area contributed by atoms with Gasteiger partial charge in [0.25, 0.3) is 0 Å². The molecule has 2 heteroatoms. The molecule has 2 aliphatic rings. The van der Waals surface area contributed by atoms with Gasteiger partial charge in [-0.05, 0) is 45.6 Å². The molecule has 0 aromatic heterocycles. The lowest BCUT2D eigenvalue weighted by atomic mass is 9.97. The highest BCUT2D eigenvalue weighted by Crippen LogP contribution is 2.43. The molecule has 0 spiro atoms. The van der Waals surface area contributed by atoms with Gasteiger partial charge in [0.1, 0.15) is 0 Å². The first-order chi connectivity index (χ1) is 5.62. The summed E-state index contributed by atoms with van der Waals surface area (Å²) < 4.78 is 0. The molecule has 2 rings (SSSR count). The molecule has 12 heavy (non-hydrogen) atoms. The minimum Gasteiger partial charge on any atom is -0.325 e. The van der Waals surface area contributed by atoms with Crippen LogP contribution in [0.2, 0.25) is 0 Å². The standard InChI is InChI=1S/C10H20N2/c1-8(2)12-6-3-9(7-12)10(11)4-5-10/h8-9H,3-7,11H2,1-2H3/t9-/m1/s1. The van der Waals surface area contributed by atoms with Crippen molar-refractivity contribution in [3.05, 3.63) is 0 Å². The minimum absolute atomic E-state index is 0.254. The second-order valence-corrected chi connectivity index (χ2v) is 4.81. The van der Waals surface area contributed by atoms with Gasteiger partial charge in [-0.2, -0.15) is 0 Å². The van der Waals surface area contributed by atoms with Crippen LogP contribution in [-0.4, -0.2) is 29.6 Å². The maximum atomic E-state index is 6.19. The summed E-state index contributed by atoms with van der Waals surface area (Å²) >= 11 is 0. The Morgan fingerprint density at radius 3 is 2.50 bits per heavy atom. The quantitative estimate of drug-likeness (QED) is 0.671. The Bertz CT molecular complexity index is 173. The van der Waals surface area contributed by atoms with E-state index in [4.69, 9.17) is 5.73 Å². The van der Waals surface area contributed by atoms with Gasteiger partial charge in [0.05, 0.1) is 0 Å². The van der Waals surface area contributed by atoms with Crippen LogP contribution in [0.4, 0.5) is 0 Å². The van der Waals surface area contributed by atoms with Crippen LogP contribution >= 0.6 is 0 Å². The van der Waals surface area contributed by atoms with Crippen LogP contribution in [0.3, 0.4) is 0 Å². The van der Waals surface area contributed by atoms with E-state index in [1.807, 2.05) is 0 Å². The van der Waals surface area contributed by atoms with Gasteiger partial charge >= 0.3 is 0 Å². The van der Waals surface area contributed by atoms with Crippen molar-refractivity contribution in [2.75, 3.05) is 13.1 Å². The fourth-order valence-electron chi connectivity index (χ4n) is 2.28. The molecule has 1 saturated carbocycles. The van der Waals surface area contributed by atoms with Gasteiger partial charge in [-0.3, -0.25) is 0 Å². The summed E-state index contributed by atoms with van der Waals surface area (Å²) in [6.45, 7) is 7.06. The summed E-state index contributed by atoms with van der Waals surface area (Å²) in [6.07, 6.45) is 3.86. The zero-order chi connectivity index (χ0) is 8.77. The summed E-state index contributed by atoms with van der Waals surface area (Å²) in [6, 6.07) is 0.706. The van der Waals surface area contributed by atoms with Crippen molar-refractivity contribution in [3.63, 3.8) is 0 Å². The molecule has 70 valence electrons. The summed E-state index contributed by atoms with van der Waals surface area (Å²) in [5, 5.41) is 0. The molecule has 0 aromatic carbocycles. The molecular weight excluding hydrogens is 148 g/mol. The second-order valence-electron chi connectivity index (χ2n) is 4.81. The molecule has 2 N–H and O–H groups in total. The Balaban J connectivity index is 1.90. The average Bonchev–Trinajstić information content (AvgIpc) is 2.61. The third-order valence-corrected chi connectivity index (χ3v) is 3.59. The van der Waals surface area contributed by atoms with E-state index in [2.05, 4.69) is 18.7 Å². The molecule has 0 amide bonds. The molecule has 1 heterocycles. The summed E-state index contributed by atoms with van der Waals surface area (Å²) in [4.78, 5) is 2.55. The highest BCUT2D eigenvalue weighted by molar-refractivity contribution is 5.06. The average molecular weight is 168 g/mol. The van der Waals surface area contributed by atoms with Crippen LogP contribution in [0.15, 0.2) is 0 Å². The zero-order valence-corrected chi connectivity index (χ0v) is 8.21. The zero-order valence-electron chi connectivity index (χ0n) is 8.21. The van der Waals surface area contributed by atoms with Crippen molar-refractivity contribution < 1.29 is 0 Å². The van der Waals surface area contributed by atoms with E-state index in [1.165, 1.54) is 32.4 Å². The number of hydrogen-bond donors (Lipinski definition) is 1. The topological polar surface area (TPSA) is 29.3 Å². The largest absolute Gasteiger partial charge is 0.325 e. The highest BCUT2D eigenvalue weighted by Gasteiger charge is 2.47. The van der Waals surface area contributed by atoms with E-state index in [1.54, 1.807) is 0 Å². The normalized spacial score (nSPS) is 34.5. The van der Waals surface area contributed by atoms with E-state index in [0.717, 1.165) is 5.92 Å². The van der Waals surface area contributed by atoms with Gasteiger partial charge in [0.2, 0.25) is 0 Å². The van der Waals surface area contributed by atoms with E-state index >= 15 is 0 Å². The SMILES string of the molecule is CC(C)N1CC[C@@H](C2(N)CC2)C1. The molecular formula is C10H20N2. The maximum Gasteiger partial charge on any atom is 0.0197 e. The molecule has 1 atom stereocenters. The smallest absolute Gasteiger partial charge is 0.0197 e. The van der Waals surface area contributed by atoms with Crippen LogP contribution in [0.5, 0.6) is 0 Å². The van der Waals surface area contributed by atoms with Crippen LogP contribution in [0, 0.1) is 5.92 Å². The minimum atomic E-state index is 0.254. The predicted molar refractivity (Wildman–Crippen MR) is 51.0 cm³/mol. The van der Waals surface area contributed by atoms with Gasteiger partial charge in [0.15, 0.2) is 0 Å². The van der Waals surface area contributed by atoms with Crippen LogP contribution < -0.4 is 5.73 Å². The van der Waals surface area contributed by atoms with E-state index < -0.39 is 0 Å². The summed E-state index contributed by atoms with van der Waals surface area (Å²) in [5.41, 5.74) is 6.44. The van der Waals surface area contributed by atoms with Crippen molar-refractivity contribution in [1.82, 2.24) is 4.90 Å². The number of nitrogens with two attached hydrogens (primary N) is 1. The van der Waals surface area contributed by atoms with Gasteiger partial charge in [-0.1, -0.05) is 0 Å².